The van der Waals surface area contributed by atoms with Crippen LogP contribution in [0.25, 0.3) is 0 Å². The van der Waals surface area contributed by atoms with Crippen molar-refractivity contribution in [2.45, 2.75) is 50.4 Å². The van der Waals surface area contributed by atoms with Gasteiger partial charge in [-0.2, -0.15) is 0 Å². The van der Waals surface area contributed by atoms with E-state index in [9.17, 15) is 14.3 Å². The molecule has 2 saturated heterocycles. The van der Waals surface area contributed by atoms with Crippen molar-refractivity contribution in [2.24, 2.45) is 11.8 Å². The highest BCUT2D eigenvalue weighted by molar-refractivity contribution is 9.10. The summed E-state index contributed by atoms with van der Waals surface area (Å²) in [6.07, 6.45) is 1.76. The Morgan fingerprint density at radius 3 is 2.72 bits per heavy atom. The summed E-state index contributed by atoms with van der Waals surface area (Å²) in [5, 5.41) is 11.0. The van der Waals surface area contributed by atoms with Crippen molar-refractivity contribution in [3.8, 4) is 11.5 Å². The first-order valence-electron chi connectivity index (χ1n) is 10.1. The predicted molar refractivity (Wildman–Crippen MR) is 109 cm³/mol. The molecular weight excluding hydrogens is 439 g/mol. The molecule has 1 aliphatic carbocycles. The van der Waals surface area contributed by atoms with Crippen LogP contribution in [-0.2, 0) is 16.0 Å². The highest BCUT2D eigenvalue weighted by atomic mass is 79.9. The number of Topliss-reactive ketones (excluding diaryl/α,β-unsaturated/α-hetero) is 1. The topological polar surface area (TPSA) is 55.8 Å². The van der Waals surface area contributed by atoms with Crippen LogP contribution < -0.4 is 4.74 Å². The fraction of sp³-hybridized carbons (Fsp3) is 0.435. The quantitative estimate of drug-likeness (QED) is 0.714. The molecule has 152 valence electrons. The zero-order valence-corrected chi connectivity index (χ0v) is 17.6. The van der Waals surface area contributed by atoms with Crippen LogP contribution in [0.4, 0.5) is 4.39 Å². The number of aliphatic hydroxyl groups excluding tert-OH is 1. The second-order valence-corrected chi connectivity index (χ2v) is 9.07. The van der Waals surface area contributed by atoms with Gasteiger partial charge in [0.05, 0.1) is 30.1 Å². The number of hydrogen-bond acceptors (Lipinski definition) is 4. The monoisotopic (exact) mass is 460 g/mol. The molecule has 6 heteroatoms. The molecule has 5 rings (SSSR count). The van der Waals surface area contributed by atoms with E-state index in [2.05, 4.69) is 15.9 Å². The Bertz CT molecular complexity index is 977. The maximum absolute atomic E-state index is 14.1. The van der Waals surface area contributed by atoms with E-state index in [1.165, 1.54) is 6.07 Å². The second-order valence-electron chi connectivity index (χ2n) is 8.16. The molecular formula is C23H22BrFO4. The lowest BCUT2D eigenvalue weighted by atomic mass is 9.81. The normalized spacial score (nSPS) is 32.6. The third-order valence-electron chi connectivity index (χ3n) is 6.65. The lowest BCUT2D eigenvalue weighted by molar-refractivity contribution is -0.124. The van der Waals surface area contributed by atoms with Crippen LogP contribution in [0.3, 0.4) is 0 Å². The van der Waals surface area contributed by atoms with Crippen molar-refractivity contribution in [1.82, 2.24) is 0 Å². The van der Waals surface area contributed by atoms with Crippen LogP contribution in [0.5, 0.6) is 11.5 Å². The lowest BCUT2D eigenvalue weighted by Crippen LogP contribution is -2.31. The molecule has 6 unspecified atom stereocenters. The number of aliphatic hydroxyl groups is 1. The number of carbonyl (C=O) groups is 1. The highest BCUT2D eigenvalue weighted by Crippen LogP contribution is 2.54. The Morgan fingerprint density at radius 1 is 1.21 bits per heavy atom. The summed E-state index contributed by atoms with van der Waals surface area (Å²) < 4.78 is 26.4. The second kappa shape index (κ2) is 7.18. The number of rotatable bonds is 4. The smallest absolute Gasteiger partial charge is 0.166 e. The molecule has 4 nitrogen and oxygen atoms in total. The molecule has 1 N–H and O–H groups in total. The number of benzene rings is 2. The molecule has 6 atom stereocenters. The van der Waals surface area contributed by atoms with Gasteiger partial charge in [-0.1, -0.05) is 28.9 Å². The molecule has 2 aromatic carbocycles. The third-order valence-corrected chi connectivity index (χ3v) is 7.15. The molecule has 0 amide bonds. The van der Waals surface area contributed by atoms with Gasteiger partial charge < -0.3 is 14.6 Å². The largest absolute Gasteiger partial charge is 0.454 e. The maximum Gasteiger partial charge on any atom is 0.166 e. The minimum absolute atomic E-state index is 0.00186. The third kappa shape index (κ3) is 3.04. The molecule has 0 spiro atoms. The molecule has 1 saturated carbocycles. The Labute approximate surface area is 177 Å². The summed E-state index contributed by atoms with van der Waals surface area (Å²) in [6, 6.07) is 10.1. The number of hydrogen-bond donors (Lipinski definition) is 1. The highest BCUT2D eigenvalue weighted by Gasteiger charge is 2.62. The van der Waals surface area contributed by atoms with Crippen LogP contribution in [0, 0.1) is 17.7 Å². The van der Waals surface area contributed by atoms with Crippen LogP contribution >= 0.6 is 15.9 Å². The van der Waals surface area contributed by atoms with Crippen LogP contribution in [0.2, 0.25) is 0 Å². The molecule has 2 aromatic rings. The zero-order valence-electron chi connectivity index (χ0n) is 16.0. The number of ketones is 1. The molecule has 2 bridgehead atoms. The van der Waals surface area contributed by atoms with Crippen molar-refractivity contribution >= 4 is 21.7 Å². The first-order valence-corrected chi connectivity index (χ1v) is 10.9. The van der Waals surface area contributed by atoms with Gasteiger partial charge in [-0.25, -0.2) is 4.39 Å². The Kier molecular flexibility index (Phi) is 4.76. The number of fused-ring (bicyclic) bond motifs is 5. The Hall–Kier alpha value is -1.76. The van der Waals surface area contributed by atoms with Crippen LogP contribution in [-0.4, -0.2) is 29.2 Å². The van der Waals surface area contributed by atoms with Crippen molar-refractivity contribution in [2.75, 3.05) is 0 Å². The van der Waals surface area contributed by atoms with E-state index in [-0.39, 0.29) is 35.6 Å². The predicted octanol–water partition coefficient (Wildman–Crippen LogP) is 4.76. The molecule has 29 heavy (non-hydrogen) atoms. The van der Waals surface area contributed by atoms with E-state index >= 15 is 0 Å². The average molecular weight is 461 g/mol. The van der Waals surface area contributed by atoms with E-state index < -0.39 is 17.8 Å². The Balaban J connectivity index is 1.45. The van der Waals surface area contributed by atoms with Gasteiger partial charge in [0.1, 0.15) is 11.5 Å². The van der Waals surface area contributed by atoms with E-state index in [1.807, 2.05) is 19.1 Å². The molecule has 2 aliphatic heterocycles. The van der Waals surface area contributed by atoms with Gasteiger partial charge in [-0.3, -0.25) is 4.79 Å². The molecule has 0 aromatic heterocycles. The maximum atomic E-state index is 14.1. The van der Waals surface area contributed by atoms with Crippen molar-refractivity contribution in [1.29, 1.82) is 0 Å². The number of ether oxygens (including phenoxy) is 2. The van der Waals surface area contributed by atoms with Gasteiger partial charge in [0, 0.05) is 10.4 Å². The fourth-order valence-corrected chi connectivity index (χ4v) is 5.73. The van der Waals surface area contributed by atoms with Crippen LogP contribution in [0.1, 0.15) is 36.8 Å². The minimum Gasteiger partial charge on any atom is -0.454 e. The zero-order chi connectivity index (χ0) is 20.3. The van der Waals surface area contributed by atoms with E-state index in [1.54, 1.807) is 18.2 Å². The van der Waals surface area contributed by atoms with Crippen molar-refractivity contribution < 1.29 is 23.8 Å². The van der Waals surface area contributed by atoms with E-state index in [4.69, 9.17) is 9.47 Å². The van der Waals surface area contributed by atoms with Gasteiger partial charge in [0.25, 0.3) is 0 Å². The summed E-state index contributed by atoms with van der Waals surface area (Å²) in [5.41, 5.74) is 1.79. The van der Waals surface area contributed by atoms with Gasteiger partial charge in [0.2, 0.25) is 0 Å². The first-order chi connectivity index (χ1) is 14.0. The van der Waals surface area contributed by atoms with Gasteiger partial charge in [-0.15, -0.1) is 0 Å². The van der Waals surface area contributed by atoms with E-state index in [0.29, 0.717) is 16.6 Å². The molecule has 3 fully saturated rings. The SMILES string of the molecule is CCc1cc(Oc2ccc(Br)cc2F)ccc1C1C(=O)C2C3CCC(O3)C2C1O. The lowest BCUT2D eigenvalue weighted by Gasteiger charge is -2.23. The van der Waals surface area contributed by atoms with Gasteiger partial charge in [-0.05, 0) is 60.7 Å². The Morgan fingerprint density at radius 2 is 2.00 bits per heavy atom. The average Bonchev–Trinajstić information content (AvgIpc) is 3.38. The number of halogens is 2. The number of aryl methyl sites for hydroxylation is 1. The van der Waals surface area contributed by atoms with E-state index in [0.717, 1.165) is 24.0 Å². The summed E-state index contributed by atoms with van der Waals surface area (Å²) in [6.45, 7) is 2.00. The van der Waals surface area contributed by atoms with Gasteiger partial charge in [0.15, 0.2) is 11.6 Å². The molecule has 3 aliphatic rings. The van der Waals surface area contributed by atoms with Gasteiger partial charge >= 0.3 is 0 Å². The minimum atomic E-state index is -0.719. The summed E-state index contributed by atoms with van der Waals surface area (Å²) in [4.78, 5) is 13.2. The van der Waals surface area contributed by atoms with Crippen molar-refractivity contribution in [3.63, 3.8) is 0 Å². The summed E-state index contributed by atoms with van der Waals surface area (Å²) in [7, 11) is 0. The summed E-state index contributed by atoms with van der Waals surface area (Å²) in [5.74, 6) is -0.512. The summed E-state index contributed by atoms with van der Waals surface area (Å²) >= 11 is 3.24. The fourth-order valence-electron chi connectivity index (χ4n) is 5.40. The number of carbonyl (C=O) groups excluding carboxylic acids is 1. The van der Waals surface area contributed by atoms with Crippen molar-refractivity contribution in [3.05, 3.63) is 57.8 Å². The standard InChI is InChI=1S/C23H22BrFO4/c1-2-11-9-13(28-16-6-3-12(24)10-15(16)25)4-5-14(11)19-22(26)20-17-7-8-18(29-17)21(20)23(19)27/h3-6,9-10,17-22,26H,2,7-8H2,1H3. The van der Waals surface area contributed by atoms with Crippen LogP contribution in [0.15, 0.2) is 40.9 Å². The molecule has 0 radical (unpaired) electrons. The first kappa shape index (κ1) is 19.2. The molecule has 2 heterocycles.